The van der Waals surface area contributed by atoms with E-state index in [4.69, 9.17) is 0 Å². The van der Waals surface area contributed by atoms with Gasteiger partial charge in [0.2, 0.25) is 0 Å². The van der Waals surface area contributed by atoms with Gasteiger partial charge in [0.25, 0.3) is 5.56 Å². The minimum Gasteiger partial charge on any atom is -0.299 e. The maximum Gasteiger partial charge on any atom is 0.253 e. The number of aromatic nitrogens is 4. The van der Waals surface area contributed by atoms with E-state index in [2.05, 4.69) is 15.0 Å². The van der Waals surface area contributed by atoms with Crippen molar-refractivity contribution in [2.75, 3.05) is 13.1 Å². The highest BCUT2D eigenvalue weighted by Gasteiger charge is 2.24. The lowest BCUT2D eigenvalue weighted by molar-refractivity contribution is 0.298. The molecule has 0 amide bonds. The first-order chi connectivity index (χ1) is 9.24. The Labute approximate surface area is 111 Å². The molecule has 3 rings (SSSR count). The van der Waals surface area contributed by atoms with Crippen molar-refractivity contribution < 1.29 is 0 Å². The molecule has 3 heterocycles. The number of hydrogen-bond acceptors (Lipinski definition) is 4. The number of likely N-dealkylation sites (tertiary alicyclic amines) is 1. The van der Waals surface area contributed by atoms with Gasteiger partial charge in [-0.05, 0) is 12.5 Å². The van der Waals surface area contributed by atoms with Crippen molar-refractivity contribution >= 4 is 0 Å². The molecule has 6 nitrogen and oxygen atoms in total. The Morgan fingerprint density at radius 2 is 2.32 bits per heavy atom. The maximum atomic E-state index is 11.6. The van der Waals surface area contributed by atoms with E-state index in [-0.39, 0.29) is 5.56 Å². The molecule has 6 heteroatoms. The summed E-state index contributed by atoms with van der Waals surface area (Å²) < 4.78 is 3.62. The standard InChI is InChI=1S/C13H17N5O/c1-16-12(14-6-3-13(16)19)10-17-8-4-11(9-17)18-7-2-5-15-18/h2-3,5-7,11H,4,8-10H2,1H3. The van der Waals surface area contributed by atoms with Crippen LogP contribution in [-0.2, 0) is 13.6 Å². The second-order valence-corrected chi connectivity index (χ2v) is 4.92. The summed E-state index contributed by atoms with van der Waals surface area (Å²) >= 11 is 0. The molecule has 2 aromatic rings. The largest absolute Gasteiger partial charge is 0.299 e. The lowest BCUT2D eigenvalue weighted by Crippen LogP contribution is -2.28. The van der Waals surface area contributed by atoms with Crippen LogP contribution in [0.15, 0.2) is 35.5 Å². The van der Waals surface area contributed by atoms with Crippen LogP contribution in [0.5, 0.6) is 0 Å². The van der Waals surface area contributed by atoms with Gasteiger partial charge in [-0.25, -0.2) is 4.98 Å². The number of nitrogens with zero attached hydrogens (tertiary/aromatic N) is 5. The third kappa shape index (κ3) is 2.44. The molecule has 1 fully saturated rings. The van der Waals surface area contributed by atoms with E-state index < -0.39 is 0 Å². The fourth-order valence-corrected chi connectivity index (χ4v) is 2.53. The van der Waals surface area contributed by atoms with Crippen LogP contribution < -0.4 is 5.56 Å². The summed E-state index contributed by atoms with van der Waals surface area (Å²) in [4.78, 5) is 18.2. The first kappa shape index (κ1) is 12.1. The molecule has 1 unspecified atom stereocenters. The van der Waals surface area contributed by atoms with Crippen molar-refractivity contribution in [3.63, 3.8) is 0 Å². The van der Waals surface area contributed by atoms with E-state index >= 15 is 0 Å². The summed E-state index contributed by atoms with van der Waals surface area (Å²) in [6.07, 6.45) is 6.48. The normalized spacial score (nSPS) is 19.9. The zero-order valence-corrected chi connectivity index (χ0v) is 10.9. The molecular weight excluding hydrogens is 242 g/mol. The van der Waals surface area contributed by atoms with Gasteiger partial charge in [0, 0.05) is 44.8 Å². The van der Waals surface area contributed by atoms with Crippen molar-refractivity contribution in [3.05, 3.63) is 46.9 Å². The zero-order valence-electron chi connectivity index (χ0n) is 10.9. The van der Waals surface area contributed by atoms with Crippen LogP contribution in [0, 0.1) is 0 Å². The monoisotopic (exact) mass is 259 g/mol. The molecule has 19 heavy (non-hydrogen) atoms. The highest BCUT2D eigenvalue weighted by molar-refractivity contribution is 4.95. The van der Waals surface area contributed by atoms with Gasteiger partial charge in [-0.3, -0.25) is 18.9 Å². The average Bonchev–Trinajstić information content (AvgIpc) is 3.05. The van der Waals surface area contributed by atoms with Crippen LogP contribution >= 0.6 is 0 Å². The van der Waals surface area contributed by atoms with Gasteiger partial charge in [0.1, 0.15) is 5.82 Å². The van der Waals surface area contributed by atoms with Crippen molar-refractivity contribution in [3.8, 4) is 0 Å². The summed E-state index contributed by atoms with van der Waals surface area (Å²) in [6.45, 7) is 2.67. The molecule has 1 aliphatic rings. The third-order valence-corrected chi connectivity index (χ3v) is 3.67. The lowest BCUT2D eigenvalue weighted by atomic mass is 10.3. The Kier molecular flexibility index (Phi) is 3.16. The molecule has 1 saturated heterocycles. The third-order valence-electron chi connectivity index (χ3n) is 3.67. The van der Waals surface area contributed by atoms with Crippen LogP contribution in [0.25, 0.3) is 0 Å². The molecule has 1 atom stereocenters. The van der Waals surface area contributed by atoms with E-state index in [0.29, 0.717) is 12.6 Å². The van der Waals surface area contributed by atoms with Crippen molar-refractivity contribution in [1.29, 1.82) is 0 Å². The summed E-state index contributed by atoms with van der Waals surface area (Å²) in [5.74, 6) is 0.814. The first-order valence-corrected chi connectivity index (χ1v) is 6.46. The fraction of sp³-hybridized carbons (Fsp3) is 0.462. The second-order valence-electron chi connectivity index (χ2n) is 4.92. The molecular formula is C13H17N5O. The summed E-state index contributed by atoms with van der Waals surface area (Å²) in [5.41, 5.74) is -0.00665. The number of rotatable bonds is 3. The van der Waals surface area contributed by atoms with Gasteiger partial charge in [-0.15, -0.1) is 0 Å². The summed E-state index contributed by atoms with van der Waals surface area (Å²) in [5, 5.41) is 4.29. The van der Waals surface area contributed by atoms with Crippen LogP contribution in [0.3, 0.4) is 0 Å². The highest BCUT2D eigenvalue weighted by Crippen LogP contribution is 2.21. The van der Waals surface area contributed by atoms with E-state index in [1.165, 1.54) is 6.07 Å². The molecule has 1 aliphatic heterocycles. The van der Waals surface area contributed by atoms with E-state index in [9.17, 15) is 4.79 Å². The average molecular weight is 259 g/mol. The van der Waals surface area contributed by atoms with Crippen LogP contribution in [0.4, 0.5) is 0 Å². The fourth-order valence-electron chi connectivity index (χ4n) is 2.53. The van der Waals surface area contributed by atoms with Gasteiger partial charge in [0.15, 0.2) is 0 Å². The van der Waals surface area contributed by atoms with Gasteiger partial charge < -0.3 is 0 Å². The Balaban J connectivity index is 1.69. The molecule has 0 radical (unpaired) electrons. The smallest absolute Gasteiger partial charge is 0.253 e. The van der Waals surface area contributed by atoms with Gasteiger partial charge in [-0.1, -0.05) is 0 Å². The lowest BCUT2D eigenvalue weighted by Gasteiger charge is -2.17. The summed E-state index contributed by atoms with van der Waals surface area (Å²) in [6, 6.07) is 3.86. The van der Waals surface area contributed by atoms with E-state index in [0.717, 1.165) is 25.3 Å². The molecule has 100 valence electrons. The van der Waals surface area contributed by atoms with E-state index in [1.54, 1.807) is 17.8 Å². The number of hydrogen-bond donors (Lipinski definition) is 0. The van der Waals surface area contributed by atoms with Crippen LogP contribution in [-0.4, -0.2) is 37.3 Å². The Morgan fingerprint density at radius 1 is 1.42 bits per heavy atom. The predicted octanol–water partition coefficient (Wildman–Crippen LogP) is 0.424. The minimum absolute atomic E-state index is 0.00665. The molecule has 0 aliphatic carbocycles. The molecule has 2 aromatic heterocycles. The molecule has 0 aromatic carbocycles. The first-order valence-electron chi connectivity index (χ1n) is 6.46. The van der Waals surface area contributed by atoms with E-state index in [1.807, 2.05) is 23.1 Å². The zero-order chi connectivity index (χ0) is 13.2. The summed E-state index contributed by atoms with van der Waals surface area (Å²) in [7, 11) is 1.77. The second kappa shape index (κ2) is 4.97. The van der Waals surface area contributed by atoms with Crippen molar-refractivity contribution in [1.82, 2.24) is 24.2 Å². The predicted molar refractivity (Wildman–Crippen MR) is 70.6 cm³/mol. The van der Waals surface area contributed by atoms with Crippen LogP contribution in [0.1, 0.15) is 18.3 Å². The molecule has 0 bridgehead atoms. The molecule has 0 saturated carbocycles. The quantitative estimate of drug-likeness (QED) is 0.802. The maximum absolute atomic E-state index is 11.6. The SMILES string of the molecule is Cn1c(CN2CCC(n3cccn3)C2)nccc1=O. The highest BCUT2D eigenvalue weighted by atomic mass is 16.1. The minimum atomic E-state index is -0.00665. The van der Waals surface area contributed by atoms with Gasteiger partial charge >= 0.3 is 0 Å². The Bertz CT molecular complexity index is 604. The molecule has 0 spiro atoms. The Morgan fingerprint density at radius 3 is 3.11 bits per heavy atom. The van der Waals surface area contributed by atoms with Crippen LogP contribution in [0.2, 0.25) is 0 Å². The topological polar surface area (TPSA) is 56.0 Å². The molecule has 0 N–H and O–H groups in total. The van der Waals surface area contributed by atoms with Gasteiger partial charge in [0.05, 0.1) is 12.6 Å². The van der Waals surface area contributed by atoms with Gasteiger partial charge in [-0.2, -0.15) is 5.10 Å². The van der Waals surface area contributed by atoms with Crippen molar-refractivity contribution in [2.45, 2.75) is 19.0 Å². The van der Waals surface area contributed by atoms with Crippen molar-refractivity contribution in [2.24, 2.45) is 7.05 Å². The Hall–Kier alpha value is -1.95.